The SMILES string of the molecule is CC(C)c1ccccc1OCCNS(=O)(=O)Cc1cccc(F)c1. The molecule has 0 saturated carbocycles. The Kier molecular flexibility index (Phi) is 6.34. The summed E-state index contributed by atoms with van der Waals surface area (Å²) in [6.07, 6.45) is 0. The van der Waals surface area contributed by atoms with Gasteiger partial charge in [0.2, 0.25) is 10.0 Å². The van der Waals surface area contributed by atoms with Crippen molar-refractivity contribution in [3.8, 4) is 5.75 Å². The second-order valence-corrected chi connectivity index (χ2v) is 7.63. The van der Waals surface area contributed by atoms with E-state index in [-0.39, 0.29) is 18.9 Å². The molecule has 6 heteroatoms. The highest BCUT2D eigenvalue weighted by Gasteiger charge is 2.12. The van der Waals surface area contributed by atoms with Gasteiger partial charge in [0, 0.05) is 6.54 Å². The van der Waals surface area contributed by atoms with E-state index in [9.17, 15) is 12.8 Å². The second-order valence-electron chi connectivity index (χ2n) is 5.82. The maximum Gasteiger partial charge on any atom is 0.215 e. The van der Waals surface area contributed by atoms with Crippen LogP contribution in [0.5, 0.6) is 5.75 Å². The van der Waals surface area contributed by atoms with Gasteiger partial charge in [0.05, 0.1) is 5.75 Å². The molecule has 0 radical (unpaired) electrons. The smallest absolute Gasteiger partial charge is 0.215 e. The molecule has 0 spiro atoms. The van der Waals surface area contributed by atoms with Crippen molar-refractivity contribution in [2.75, 3.05) is 13.2 Å². The topological polar surface area (TPSA) is 55.4 Å². The molecule has 2 rings (SSSR count). The summed E-state index contributed by atoms with van der Waals surface area (Å²) >= 11 is 0. The van der Waals surface area contributed by atoms with Crippen molar-refractivity contribution in [2.45, 2.75) is 25.5 Å². The first-order chi connectivity index (χ1) is 11.4. The van der Waals surface area contributed by atoms with Crippen LogP contribution >= 0.6 is 0 Å². The number of hydrogen-bond acceptors (Lipinski definition) is 3. The van der Waals surface area contributed by atoms with Gasteiger partial charge in [0.1, 0.15) is 18.2 Å². The fraction of sp³-hybridized carbons (Fsp3) is 0.333. The number of hydrogen-bond donors (Lipinski definition) is 1. The van der Waals surface area contributed by atoms with Gasteiger partial charge < -0.3 is 4.74 Å². The van der Waals surface area contributed by atoms with Crippen LogP contribution in [0.15, 0.2) is 48.5 Å². The highest BCUT2D eigenvalue weighted by Crippen LogP contribution is 2.25. The maximum absolute atomic E-state index is 13.1. The zero-order valence-electron chi connectivity index (χ0n) is 13.8. The van der Waals surface area contributed by atoms with Crippen molar-refractivity contribution in [3.63, 3.8) is 0 Å². The predicted molar refractivity (Wildman–Crippen MR) is 93.1 cm³/mol. The molecule has 0 aliphatic carbocycles. The van der Waals surface area contributed by atoms with Crippen molar-refractivity contribution in [3.05, 3.63) is 65.5 Å². The van der Waals surface area contributed by atoms with Gasteiger partial charge in [-0.1, -0.05) is 44.2 Å². The van der Waals surface area contributed by atoms with Crippen LogP contribution in [0.3, 0.4) is 0 Å². The molecule has 24 heavy (non-hydrogen) atoms. The molecule has 0 atom stereocenters. The lowest BCUT2D eigenvalue weighted by Gasteiger charge is -2.14. The molecule has 0 unspecified atom stereocenters. The number of sulfonamides is 1. The maximum atomic E-state index is 13.1. The van der Waals surface area contributed by atoms with Crippen molar-refractivity contribution >= 4 is 10.0 Å². The second kappa shape index (κ2) is 8.26. The average Bonchev–Trinajstić information content (AvgIpc) is 2.51. The van der Waals surface area contributed by atoms with Crippen molar-refractivity contribution in [1.29, 1.82) is 0 Å². The molecule has 0 heterocycles. The van der Waals surface area contributed by atoms with Crippen LogP contribution in [0.25, 0.3) is 0 Å². The van der Waals surface area contributed by atoms with Crippen LogP contribution in [0.2, 0.25) is 0 Å². The van der Waals surface area contributed by atoms with Crippen molar-refractivity contribution in [2.24, 2.45) is 0 Å². The Morgan fingerprint density at radius 1 is 1.12 bits per heavy atom. The fourth-order valence-corrected chi connectivity index (χ4v) is 3.46. The predicted octanol–water partition coefficient (Wildman–Crippen LogP) is 3.45. The molecule has 4 nitrogen and oxygen atoms in total. The Hall–Kier alpha value is -1.92. The lowest BCUT2D eigenvalue weighted by Crippen LogP contribution is -2.29. The normalized spacial score (nSPS) is 11.7. The molecule has 2 aromatic rings. The summed E-state index contributed by atoms with van der Waals surface area (Å²) in [6, 6.07) is 13.3. The third-order valence-electron chi connectivity index (χ3n) is 3.47. The van der Waals surface area contributed by atoms with E-state index in [1.54, 1.807) is 6.07 Å². The van der Waals surface area contributed by atoms with E-state index in [0.717, 1.165) is 11.3 Å². The fourth-order valence-electron chi connectivity index (χ4n) is 2.34. The third kappa shape index (κ3) is 5.62. The Morgan fingerprint density at radius 3 is 2.58 bits per heavy atom. The first-order valence-corrected chi connectivity index (χ1v) is 9.46. The Morgan fingerprint density at radius 2 is 1.88 bits per heavy atom. The van der Waals surface area contributed by atoms with E-state index in [1.165, 1.54) is 18.2 Å². The monoisotopic (exact) mass is 351 g/mol. The first kappa shape index (κ1) is 18.4. The summed E-state index contributed by atoms with van der Waals surface area (Å²) in [5.74, 6) is 0.381. The van der Waals surface area contributed by atoms with Gasteiger partial charge in [-0.15, -0.1) is 0 Å². The Balaban J connectivity index is 1.85. The number of rotatable bonds is 8. The average molecular weight is 351 g/mol. The van der Waals surface area contributed by atoms with E-state index < -0.39 is 15.8 Å². The largest absolute Gasteiger partial charge is 0.492 e. The Labute approximate surface area is 142 Å². The van der Waals surface area contributed by atoms with E-state index in [1.807, 2.05) is 24.3 Å². The summed E-state index contributed by atoms with van der Waals surface area (Å²) in [5.41, 5.74) is 1.49. The lowest BCUT2D eigenvalue weighted by atomic mass is 10.0. The summed E-state index contributed by atoms with van der Waals surface area (Å²) in [5, 5.41) is 0. The molecule has 0 aliphatic rings. The van der Waals surface area contributed by atoms with Gasteiger partial charge in [-0.3, -0.25) is 0 Å². The molecule has 0 bridgehead atoms. The quantitative estimate of drug-likeness (QED) is 0.741. The molecule has 0 aliphatic heterocycles. The zero-order valence-corrected chi connectivity index (χ0v) is 14.6. The van der Waals surface area contributed by atoms with Crippen molar-refractivity contribution < 1.29 is 17.5 Å². The number of benzene rings is 2. The number of para-hydroxylation sites is 1. The van der Waals surface area contributed by atoms with Crippen LogP contribution in [0.1, 0.15) is 30.9 Å². The molecular formula is C18H22FNO3S. The minimum absolute atomic E-state index is 0.157. The third-order valence-corrected chi connectivity index (χ3v) is 4.83. The van der Waals surface area contributed by atoms with E-state index >= 15 is 0 Å². The number of ether oxygens (including phenoxy) is 1. The molecular weight excluding hydrogens is 329 g/mol. The molecule has 1 N–H and O–H groups in total. The zero-order chi connectivity index (χ0) is 17.6. The van der Waals surface area contributed by atoms with Crippen molar-refractivity contribution in [1.82, 2.24) is 4.72 Å². The van der Waals surface area contributed by atoms with Gasteiger partial charge in [0.15, 0.2) is 0 Å². The highest BCUT2D eigenvalue weighted by molar-refractivity contribution is 7.88. The molecule has 0 fully saturated rings. The summed E-state index contributed by atoms with van der Waals surface area (Å²) < 4.78 is 45.3. The van der Waals surface area contributed by atoms with E-state index in [0.29, 0.717) is 11.5 Å². The number of nitrogens with one attached hydrogen (secondary N) is 1. The molecule has 0 saturated heterocycles. The minimum atomic E-state index is -3.53. The minimum Gasteiger partial charge on any atom is -0.492 e. The molecule has 2 aromatic carbocycles. The van der Waals surface area contributed by atoms with Crippen LogP contribution in [-0.2, 0) is 15.8 Å². The molecule has 0 aromatic heterocycles. The standard InChI is InChI=1S/C18H22FNO3S/c1-14(2)17-8-3-4-9-18(17)23-11-10-20-24(21,22)13-15-6-5-7-16(19)12-15/h3-9,12,14,20H,10-11,13H2,1-2H3. The van der Waals surface area contributed by atoms with Crippen LogP contribution in [0, 0.1) is 5.82 Å². The van der Waals surface area contributed by atoms with E-state index in [4.69, 9.17) is 4.74 Å². The van der Waals surface area contributed by atoms with Crippen LogP contribution in [-0.4, -0.2) is 21.6 Å². The molecule has 130 valence electrons. The number of halogens is 1. The van der Waals surface area contributed by atoms with Gasteiger partial charge in [-0.25, -0.2) is 17.5 Å². The summed E-state index contributed by atoms with van der Waals surface area (Å²) in [7, 11) is -3.53. The summed E-state index contributed by atoms with van der Waals surface area (Å²) in [6.45, 7) is 4.53. The van der Waals surface area contributed by atoms with Gasteiger partial charge in [-0.05, 0) is 35.2 Å². The van der Waals surface area contributed by atoms with Gasteiger partial charge >= 0.3 is 0 Å². The Bertz CT molecular complexity index is 775. The van der Waals surface area contributed by atoms with Crippen LogP contribution < -0.4 is 9.46 Å². The first-order valence-electron chi connectivity index (χ1n) is 7.81. The highest BCUT2D eigenvalue weighted by atomic mass is 32.2. The summed E-state index contributed by atoms with van der Waals surface area (Å²) in [4.78, 5) is 0. The van der Waals surface area contributed by atoms with E-state index in [2.05, 4.69) is 18.6 Å². The lowest BCUT2D eigenvalue weighted by molar-refractivity contribution is 0.318. The van der Waals surface area contributed by atoms with Gasteiger partial charge in [0.25, 0.3) is 0 Å². The van der Waals surface area contributed by atoms with Gasteiger partial charge in [-0.2, -0.15) is 0 Å². The van der Waals surface area contributed by atoms with Crippen LogP contribution in [0.4, 0.5) is 4.39 Å². The molecule has 0 amide bonds.